The van der Waals surface area contributed by atoms with Crippen molar-refractivity contribution in [2.24, 2.45) is 14.1 Å². The van der Waals surface area contributed by atoms with Crippen molar-refractivity contribution in [2.45, 2.75) is 51.1 Å². The molecule has 2 aromatic heterocycles. The number of nitrogens with zero attached hydrogens (tertiary/aromatic N) is 4. The molecule has 0 unspecified atom stereocenters. The molecular formula is C18H25N5O5. The summed E-state index contributed by atoms with van der Waals surface area (Å²) in [6.07, 6.45) is 7.76. The van der Waals surface area contributed by atoms with Crippen LogP contribution < -0.4 is 16.6 Å². The van der Waals surface area contributed by atoms with Gasteiger partial charge in [0.05, 0.1) is 6.33 Å². The lowest BCUT2D eigenvalue weighted by atomic mass is 10.1. The molecule has 1 N–H and O–H groups in total. The average molecular weight is 391 g/mol. The molecule has 0 aromatic carbocycles. The van der Waals surface area contributed by atoms with Gasteiger partial charge in [-0.15, -0.1) is 0 Å². The van der Waals surface area contributed by atoms with Gasteiger partial charge < -0.3 is 14.6 Å². The fourth-order valence-electron chi connectivity index (χ4n) is 3.54. The van der Waals surface area contributed by atoms with Crippen molar-refractivity contribution >= 4 is 23.0 Å². The Morgan fingerprint density at radius 1 is 1.14 bits per heavy atom. The normalized spacial score (nSPS) is 15.4. The van der Waals surface area contributed by atoms with Crippen molar-refractivity contribution in [1.82, 2.24) is 24.0 Å². The zero-order valence-electron chi connectivity index (χ0n) is 16.1. The number of esters is 1. The van der Waals surface area contributed by atoms with Gasteiger partial charge in [-0.25, -0.2) is 9.78 Å². The molecule has 152 valence electrons. The van der Waals surface area contributed by atoms with E-state index in [0.29, 0.717) is 0 Å². The van der Waals surface area contributed by atoms with E-state index in [1.807, 2.05) is 0 Å². The largest absolute Gasteiger partial charge is 0.454 e. The van der Waals surface area contributed by atoms with Gasteiger partial charge in [-0.3, -0.25) is 23.5 Å². The number of rotatable bonds is 5. The number of aromatic nitrogens is 4. The van der Waals surface area contributed by atoms with Gasteiger partial charge in [0.2, 0.25) is 0 Å². The second kappa shape index (κ2) is 8.41. The highest BCUT2D eigenvalue weighted by molar-refractivity contribution is 5.81. The molecule has 0 atom stereocenters. The quantitative estimate of drug-likeness (QED) is 0.558. The molecule has 0 spiro atoms. The fourth-order valence-corrected chi connectivity index (χ4v) is 3.54. The lowest BCUT2D eigenvalue weighted by molar-refractivity contribution is -0.149. The van der Waals surface area contributed by atoms with Gasteiger partial charge in [0.15, 0.2) is 17.8 Å². The second-order valence-electron chi connectivity index (χ2n) is 7.17. The number of nitrogens with one attached hydrogen (secondary N) is 1. The first kappa shape index (κ1) is 19.8. The summed E-state index contributed by atoms with van der Waals surface area (Å²) < 4.78 is 8.55. The van der Waals surface area contributed by atoms with Crippen molar-refractivity contribution < 1.29 is 14.3 Å². The third-order valence-corrected chi connectivity index (χ3v) is 5.10. The number of imidazole rings is 1. The van der Waals surface area contributed by atoms with Crippen molar-refractivity contribution in [3.05, 3.63) is 27.2 Å². The van der Waals surface area contributed by atoms with Crippen LogP contribution in [-0.2, 0) is 35.0 Å². The number of hydrogen-bond acceptors (Lipinski definition) is 6. The smallest absolute Gasteiger partial charge is 0.332 e. The summed E-state index contributed by atoms with van der Waals surface area (Å²) in [6.45, 7) is -0.640. The topological polar surface area (TPSA) is 117 Å². The van der Waals surface area contributed by atoms with Crippen LogP contribution in [0.1, 0.15) is 38.5 Å². The SMILES string of the molecule is Cn1c(=O)c2c(ncn2CC(=O)OCC(=O)NC2CCCCCC2)n(C)c1=O. The standard InChI is InChI=1S/C18H25N5O5/c1-21-16-15(17(26)22(2)18(21)27)23(11-19-16)9-14(25)28-10-13(24)20-12-7-5-3-4-6-8-12/h11-12H,3-10H2,1-2H3,(H,20,24). The lowest BCUT2D eigenvalue weighted by Gasteiger charge is -2.16. The molecule has 10 heteroatoms. The molecule has 2 heterocycles. The zero-order chi connectivity index (χ0) is 20.3. The molecule has 0 radical (unpaired) electrons. The van der Waals surface area contributed by atoms with E-state index in [9.17, 15) is 19.2 Å². The third kappa shape index (κ3) is 4.15. The van der Waals surface area contributed by atoms with Gasteiger partial charge in [0.1, 0.15) is 6.54 Å². The minimum Gasteiger partial charge on any atom is -0.454 e. The maximum Gasteiger partial charge on any atom is 0.332 e. The van der Waals surface area contributed by atoms with E-state index in [0.717, 1.165) is 30.3 Å². The summed E-state index contributed by atoms with van der Waals surface area (Å²) in [4.78, 5) is 52.5. The van der Waals surface area contributed by atoms with E-state index in [4.69, 9.17) is 4.74 Å². The predicted octanol–water partition coefficient (Wildman–Crippen LogP) is -0.184. The van der Waals surface area contributed by atoms with Crippen LogP contribution in [-0.4, -0.2) is 43.2 Å². The Morgan fingerprint density at radius 3 is 2.50 bits per heavy atom. The van der Waals surface area contributed by atoms with Gasteiger partial charge in [0, 0.05) is 20.1 Å². The van der Waals surface area contributed by atoms with Crippen molar-refractivity contribution in [3.8, 4) is 0 Å². The van der Waals surface area contributed by atoms with E-state index in [-0.39, 0.29) is 36.3 Å². The Bertz CT molecular complexity index is 994. The van der Waals surface area contributed by atoms with Crippen LogP contribution in [0, 0.1) is 0 Å². The predicted molar refractivity (Wildman–Crippen MR) is 101 cm³/mol. The number of hydrogen-bond donors (Lipinski definition) is 1. The van der Waals surface area contributed by atoms with Crippen molar-refractivity contribution in [1.29, 1.82) is 0 Å². The van der Waals surface area contributed by atoms with Gasteiger partial charge >= 0.3 is 11.7 Å². The minimum absolute atomic E-state index is 0.129. The summed E-state index contributed by atoms with van der Waals surface area (Å²) >= 11 is 0. The van der Waals surface area contributed by atoms with Gasteiger partial charge in [-0.2, -0.15) is 0 Å². The summed E-state index contributed by atoms with van der Waals surface area (Å²) in [5.74, 6) is -0.986. The minimum atomic E-state index is -0.661. The Hall–Kier alpha value is -2.91. The first-order chi connectivity index (χ1) is 13.4. The highest BCUT2D eigenvalue weighted by Crippen LogP contribution is 2.17. The number of aryl methyl sites for hydroxylation is 1. The number of amides is 1. The van der Waals surface area contributed by atoms with Crippen LogP contribution in [0.2, 0.25) is 0 Å². The highest BCUT2D eigenvalue weighted by Gasteiger charge is 2.18. The first-order valence-electron chi connectivity index (χ1n) is 9.44. The number of carbonyl (C=O) groups is 2. The monoisotopic (exact) mass is 391 g/mol. The van der Waals surface area contributed by atoms with Gasteiger partial charge in [-0.05, 0) is 12.8 Å². The molecule has 0 bridgehead atoms. The summed E-state index contributed by atoms with van der Waals surface area (Å²) in [5.41, 5.74) is -0.730. The van der Waals surface area contributed by atoms with Gasteiger partial charge in [0.25, 0.3) is 11.5 Å². The number of carbonyl (C=O) groups excluding carboxylic acids is 2. The number of fused-ring (bicyclic) bond motifs is 1. The molecule has 1 amide bonds. The maximum atomic E-state index is 12.4. The van der Waals surface area contributed by atoms with Crippen LogP contribution >= 0.6 is 0 Å². The Labute approximate surface area is 161 Å². The summed E-state index contributed by atoms with van der Waals surface area (Å²) in [5, 5.41) is 2.91. The van der Waals surface area contributed by atoms with Crippen molar-refractivity contribution in [2.75, 3.05) is 6.61 Å². The first-order valence-corrected chi connectivity index (χ1v) is 9.44. The zero-order valence-corrected chi connectivity index (χ0v) is 16.1. The van der Waals surface area contributed by atoms with E-state index < -0.39 is 17.2 Å². The van der Waals surface area contributed by atoms with E-state index >= 15 is 0 Å². The highest BCUT2D eigenvalue weighted by atomic mass is 16.5. The second-order valence-corrected chi connectivity index (χ2v) is 7.17. The number of ether oxygens (including phenoxy) is 1. The Balaban J connectivity index is 1.61. The van der Waals surface area contributed by atoms with E-state index in [1.54, 1.807) is 0 Å². The van der Waals surface area contributed by atoms with Crippen LogP contribution in [0.4, 0.5) is 0 Å². The van der Waals surface area contributed by atoms with Crippen LogP contribution in [0.3, 0.4) is 0 Å². The molecule has 1 aliphatic rings. The Morgan fingerprint density at radius 2 is 1.82 bits per heavy atom. The molecule has 0 saturated heterocycles. The van der Waals surface area contributed by atoms with Crippen molar-refractivity contribution in [3.63, 3.8) is 0 Å². The molecule has 2 aromatic rings. The molecule has 1 aliphatic carbocycles. The molecule has 1 saturated carbocycles. The van der Waals surface area contributed by atoms with E-state index in [2.05, 4.69) is 10.3 Å². The average Bonchev–Trinajstić information content (AvgIpc) is 2.91. The molecule has 3 rings (SSSR count). The summed E-state index contributed by atoms with van der Waals surface area (Å²) in [7, 11) is 2.86. The fraction of sp³-hybridized carbons (Fsp3) is 0.611. The molecule has 10 nitrogen and oxygen atoms in total. The summed E-state index contributed by atoms with van der Waals surface area (Å²) in [6, 6.07) is 0.135. The molecule has 0 aliphatic heterocycles. The van der Waals surface area contributed by atoms with Crippen LogP contribution in [0.5, 0.6) is 0 Å². The van der Waals surface area contributed by atoms with Crippen LogP contribution in [0.15, 0.2) is 15.9 Å². The Kier molecular flexibility index (Phi) is 5.96. The molecule has 28 heavy (non-hydrogen) atoms. The lowest BCUT2D eigenvalue weighted by Crippen LogP contribution is -2.38. The third-order valence-electron chi connectivity index (χ3n) is 5.10. The van der Waals surface area contributed by atoms with Gasteiger partial charge in [-0.1, -0.05) is 25.7 Å². The molecule has 1 fully saturated rings. The van der Waals surface area contributed by atoms with E-state index in [1.165, 1.54) is 42.4 Å². The molecular weight excluding hydrogens is 366 g/mol. The van der Waals surface area contributed by atoms with Crippen LogP contribution in [0.25, 0.3) is 11.2 Å². The maximum absolute atomic E-state index is 12.4.